The lowest BCUT2D eigenvalue weighted by Gasteiger charge is -2.28. The van der Waals surface area contributed by atoms with Crippen molar-refractivity contribution >= 4 is 24.0 Å². The maximum Gasteiger partial charge on any atom is 0.411 e. The van der Waals surface area contributed by atoms with Crippen LogP contribution in [0.2, 0.25) is 0 Å². The molecule has 2 aromatic carbocycles. The Hall–Kier alpha value is -3.67. The number of benzene rings is 2. The molecule has 0 unspecified atom stereocenters. The molecule has 1 aliphatic rings. The molecular weight excluding hydrogens is 344 g/mol. The maximum absolute atomic E-state index is 12.0. The van der Waals surface area contributed by atoms with Crippen LogP contribution in [-0.2, 0) is 20.9 Å². The molecule has 3 rings (SSSR count). The van der Waals surface area contributed by atoms with Crippen molar-refractivity contribution < 1.29 is 19.1 Å². The van der Waals surface area contributed by atoms with Crippen LogP contribution in [0.25, 0.3) is 5.70 Å². The van der Waals surface area contributed by atoms with E-state index in [4.69, 9.17) is 4.74 Å². The van der Waals surface area contributed by atoms with Crippen LogP contribution >= 0.6 is 0 Å². The van der Waals surface area contributed by atoms with E-state index in [1.54, 1.807) is 12.2 Å². The molecule has 1 heterocycles. The van der Waals surface area contributed by atoms with E-state index >= 15 is 0 Å². The maximum atomic E-state index is 12.0. The summed E-state index contributed by atoms with van der Waals surface area (Å²) in [6.45, 7) is 0.209. The lowest BCUT2D eigenvalue weighted by molar-refractivity contribution is -0.136. The van der Waals surface area contributed by atoms with E-state index in [9.17, 15) is 14.4 Å². The zero-order chi connectivity index (χ0) is 19.1. The van der Waals surface area contributed by atoms with Crippen molar-refractivity contribution in [2.75, 3.05) is 6.54 Å². The standard InChI is InChI=1S/C21H18N2O4/c24-14-20(25)23-13-18(11-12-19(23)17-9-5-2-6-10-17)22-21(26)27-15-16-7-3-1-4-8-16/h1-12,14H,13,15H2,(H,22,26). The van der Waals surface area contributed by atoms with Gasteiger partial charge in [-0.05, 0) is 23.3 Å². The number of aldehydes is 1. The van der Waals surface area contributed by atoms with E-state index in [0.29, 0.717) is 11.4 Å². The van der Waals surface area contributed by atoms with Crippen molar-refractivity contribution in [3.63, 3.8) is 0 Å². The third-order valence-electron chi connectivity index (χ3n) is 3.97. The van der Waals surface area contributed by atoms with Gasteiger partial charge in [0.2, 0.25) is 6.29 Å². The molecule has 0 spiro atoms. The number of nitrogens with zero attached hydrogens (tertiary/aromatic N) is 1. The van der Waals surface area contributed by atoms with Gasteiger partial charge in [0.25, 0.3) is 5.91 Å². The second kappa shape index (κ2) is 8.62. The van der Waals surface area contributed by atoms with Gasteiger partial charge in [-0.2, -0.15) is 0 Å². The van der Waals surface area contributed by atoms with Crippen LogP contribution in [0, 0.1) is 0 Å². The van der Waals surface area contributed by atoms with Crippen molar-refractivity contribution in [3.05, 3.63) is 89.6 Å². The van der Waals surface area contributed by atoms with E-state index in [1.165, 1.54) is 4.90 Å². The number of alkyl carbamates (subject to hydrolysis) is 1. The molecule has 0 aliphatic carbocycles. The molecule has 27 heavy (non-hydrogen) atoms. The van der Waals surface area contributed by atoms with Crippen LogP contribution in [0.4, 0.5) is 4.79 Å². The van der Waals surface area contributed by atoms with Crippen LogP contribution in [0.15, 0.2) is 78.5 Å². The summed E-state index contributed by atoms with van der Waals surface area (Å²) in [5.74, 6) is -0.685. The van der Waals surface area contributed by atoms with Crippen LogP contribution in [0.1, 0.15) is 11.1 Å². The Morgan fingerprint density at radius 2 is 1.67 bits per heavy atom. The molecule has 1 N–H and O–H groups in total. The highest BCUT2D eigenvalue weighted by atomic mass is 16.5. The first kappa shape index (κ1) is 18.1. The number of ether oxygens (including phenoxy) is 1. The van der Waals surface area contributed by atoms with Crippen molar-refractivity contribution in [3.8, 4) is 0 Å². The quantitative estimate of drug-likeness (QED) is 0.655. The average molecular weight is 362 g/mol. The zero-order valence-electron chi connectivity index (χ0n) is 14.5. The fourth-order valence-corrected chi connectivity index (χ4v) is 2.67. The number of carbonyl (C=O) groups excluding carboxylic acids is 3. The van der Waals surface area contributed by atoms with E-state index < -0.39 is 12.0 Å². The monoisotopic (exact) mass is 362 g/mol. The fourth-order valence-electron chi connectivity index (χ4n) is 2.67. The van der Waals surface area contributed by atoms with Gasteiger partial charge in [-0.25, -0.2) is 4.79 Å². The fraction of sp³-hybridized carbons (Fsp3) is 0.0952. The summed E-state index contributed by atoms with van der Waals surface area (Å²) in [7, 11) is 0. The average Bonchev–Trinajstić information content (AvgIpc) is 2.73. The number of nitrogens with one attached hydrogen (secondary N) is 1. The zero-order valence-corrected chi connectivity index (χ0v) is 14.5. The van der Waals surface area contributed by atoms with Gasteiger partial charge >= 0.3 is 6.09 Å². The molecule has 6 nitrogen and oxygen atoms in total. The molecule has 0 saturated heterocycles. The van der Waals surface area contributed by atoms with Crippen molar-refractivity contribution in [2.45, 2.75) is 6.61 Å². The summed E-state index contributed by atoms with van der Waals surface area (Å²) in [5, 5.41) is 2.62. The van der Waals surface area contributed by atoms with E-state index in [1.807, 2.05) is 60.7 Å². The summed E-state index contributed by atoms with van der Waals surface area (Å²) in [6.07, 6.45) is 3.02. The Balaban J connectivity index is 1.70. The highest BCUT2D eigenvalue weighted by molar-refractivity contribution is 6.25. The second-order valence-corrected chi connectivity index (χ2v) is 5.84. The van der Waals surface area contributed by atoms with Gasteiger partial charge in [0, 0.05) is 5.70 Å². The molecule has 136 valence electrons. The van der Waals surface area contributed by atoms with Gasteiger partial charge < -0.3 is 4.74 Å². The highest BCUT2D eigenvalue weighted by Gasteiger charge is 2.23. The Morgan fingerprint density at radius 1 is 1.00 bits per heavy atom. The molecule has 6 heteroatoms. The van der Waals surface area contributed by atoms with Crippen LogP contribution in [-0.4, -0.2) is 29.7 Å². The molecule has 0 atom stereocenters. The normalized spacial score (nSPS) is 13.3. The molecule has 0 saturated carbocycles. The lowest BCUT2D eigenvalue weighted by Crippen LogP contribution is -2.38. The number of hydrogen-bond donors (Lipinski definition) is 1. The summed E-state index contributed by atoms with van der Waals surface area (Å²) in [6, 6.07) is 18.6. The topological polar surface area (TPSA) is 75.7 Å². The van der Waals surface area contributed by atoms with Gasteiger partial charge in [0.15, 0.2) is 0 Å². The Morgan fingerprint density at radius 3 is 2.33 bits per heavy atom. The minimum atomic E-state index is -0.685. The number of carbonyl (C=O) groups is 3. The van der Waals surface area contributed by atoms with Gasteiger partial charge in [-0.3, -0.25) is 19.8 Å². The predicted octanol–water partition coefficient (Wildman–Crippen LogP) is 2.88. The molecule has 1 aliphatic heterocycles. The third-order valence-corrected chi connectivity index (χ3v) is 3.97. The summed E-state index contributed by atoms with van der Waals surface area (Å²) < 4.78 is 5.18. The van der Waals surface area contributed by atoms with E-state index in [2.05, 4.69) is 5.32 Å². The van der Waals surface area contributed by atoms with Crippen LogP contribution in [0.5, 0.6) is 0 Å². The van der Waals surface area contributed by atoms with Gasteiger partial charge in [-0.1, -0.05) is 60.7 Å². The van der Waals surface area contributed by atoms with Gasteiger partial charge in [0.1, 0.15) is 6.61 Å². The third kappa shape index (κ3) is 4.70. The first-order valence-electron chi connectivity index (χ1n) is 8.38. The van der Waals surface area contributed by atoms with Gasteiger partial charge in [0.05, 0.1) is 12.2 Å². The Bertz CT molecular complexity index is 889. The Kier molecular flexibility index (Phi) is 5.79. The first-order valence-corrected chi connectivity index (χ1v) is 8.38. The Labute approximate surface area is 156 Å². The number of hydrogen-bond acceptors (Lipinski definition) is 4. The van der Waals surface area contributed by atoms with E-state index in [-0.39, 0.29) is 19.4 Å². The minimum absolute atomic E-state index is 0.0682. The van der Waals surface area contributed by atoms with Gasteiger partial charge in [-0.15, -0.1) is 0 Å². The number of amides is 2. The summed E-state index contributed by atoms with van der Waals surface area (Å²) in [5.41, 5.74) is 2.72. The highest BCUT2D eigenvalue weighted by Crippen LogP contribution is 2.23. The molecule has 0 aromatic heterocycles. The second-order valence-electron chi connectivity index (χ2n) is 5.84. The van der Waals surface area contributed by atoms with Crippen molar-refractivity contribution in [1.29, 1.82) is 0 Å². The van der Waals surface area contributed by atoms with Crippen LogP contribution < -0.4 is 5.32 Å². The minimum Gasteiger partial charge on any atom is -0.444 e. The number of allylic oxidation sites excluding steroid dienone is 2. The molecule has 2 aromatic rings. The molecule has 0 fully saturated rings. The molecular formula is C21H18N2O4. The van der Waals surface area contributed by atoms with Crippen molar-refractivity contribution in [1.82, 2.24) is 10.2 Å². The lowest BCUT2D eigenvalue weighted by atomic mass is 10.1. The molecule has 0 radical (unpaired) electrons. The largest absolute Gasteiger partial charge is 0.444 e. The summed E-state index contributed by atoms with van der Waals surface area (Å²) >= 11 is 0. The van der Waals surface area contributed by atoms with E-state index in [0.717, 1.165) is 11.1 Å². The first-order chi connectivity index (χ1) is 13.2. The van der Waals surface area contributed by atoms with Crippen molar-refractivity contribution in [2.24, 2.45) is 0 Å². The molecule has 0 bridgehead atoms. The van der Waals surface area contributed by atoms with Crippen LogP contribution in [0.3, 0.4) is 0 Å². The SMILES string of the molecule is O=CC(=O)N1CC(NC(=O)OCc2ccccc2)=CC=C1c1ccccc1. The smallest absolute Gasteiger partial charge is 0.411 e. The predicted molar refractivity (Wildman–Crippen MR) is 100 cm³/mol. The molecule has 2 amide bonds. The number of rotatable bonds is 5. The summed E-state index contributed by atoms with van der Waals surface area (Å²) in [4.78, 5) is 36.4.